The van der Waals surface area contributed by atoms with E-state index in [2.05, 4.69) is 0 Å². The molecule has 2 rings (SSSR count). The molecule has 0 bridgehead atoms. The van der Waals surface area contributed by atoms with Crippen LogP contribution in [0.2, 0.25) is 0 Å². The molecular weight excluding hydrogens is 221 g/mol. The van der Waals surface area contributed by atoms with Crippen molar-refractivity contribution >= 4 is 5.91 Å². The number of rotatable bonds is 1. The molecule has 17 heavy (non-hydrogen) atoms. The number of amides is 1. The van der Waals surface area contributed by atoms with Crippen molar-refractivity contribution in [3.63, 3.8) is 0 Å². The van der Waals surface area contributed by atoms with E-state index in [1.54, 1.807) is 24.0 Å². The predicted molar refractivity (Wildman–Crippen MR) is 61.9 cm³/mol. The first-order chi connectivity index (χ1) is 8.06. The summed E-state index contributed by atoms with van der Waals surface area (Å²) in [6.45, 7) is 4.64. The van der Waals surface area contributed by atoms with Crippen molar-refractivity contribution in [3.8, 4) is 0 Å². The summed E-state index contributed by atoms with van der Waals surface area (Å²) in [6, 6.07) is 6.23. The van der Waals surface area contributed by atoms with Crippen LogP contribution >= 0.6 is 0 Å². The number of hydrogen-bond acceptors (Lipinski definition) is 2. The normalized spacial score (nSPS) is 24.8. The predicted octanol–water partition coefficient (Wildman–Crippen LogP) is 2.13. The van der Waals surface area contributed by atoms with Gasteiger partial charge in [-0.15, -0.1) is 0 Å². The maximum absolute atomic E-state index is 12.8. The quantitative estimate of drug-likeness (QED) is 0.749. The number of ether oxygens (including phenoxy) is 1. The van der Waals surface area contributed by atoms with Crippen LogP contribution in [-0.2, 0) is 9.53 Å². The topological polar surface area (TPSA) is 29.5 Å². The number of carbonyl (C=O) groups excluding carboxylic acids is 1. The van der Waals surface area contributed by atoms with Gasteiger partial charge in [0.05, 0.1) is 12.6 Å². The lowest BCUT2D eigenvalue weighted by atomic mass is 10.1. The minimum Gasteiger partial charge on any atom is -0.367 e. The van der Waals surface area contributed by atoms with E-state index < -0.39 is 0 Å². The van der Waals surface area contributed by atoms with E-state index in [9.17, 15) is 9.18 Å². The zero-order chi connectivity index (χ0) is 12.4. The summed E-state index contributed by atoms with van der Waals surface area (Å²) in [5.74, 6) is -0.215. The van der Waals surface area contributed by atoms with Crippen molar-refractivity contribution in [2.75, 3.05) is 13.1 Å². The molecule has 92 valence electrons. The third kappa shape index (κ3) is 2.82. The highest BCUT2D eigenvalue weighted by molar-refractivity contribution is 5.73. The van der Waals surface area contributed by atoms with Gasteiger partial charge in [-0.25, -0.2) is 4.39 Å². The van der Waals surface area contributed by atoms with Gasteiger partial charge in [0.15, 0.2) is 0 Å². The average molecular weight is 237 g/mol. The smallest absolute Gasteiger partial charge is 0.219 e. The average Bonchev–Trinajstić information content (AvgIpc) is 2.29. The molecule has 1 heterocycles. The number of halogens is 1. The fourth-order valence-electron chi connectivity index (χ4n) is 2.07. The molecule has 1 aliphatic heterocycles. The van der Waals surface area contributed by atoms with Crippen molar-refractivity contribution < 1.29 is 13.9 Å². The first kappa shape index (κ1) is 12.0. The summed E-state index contributed by atoms with van der Waals surface area (Å²) in [5, 5.41) is 0. The lowest BCUT2D eigenvalue weighted by Gasteiger charge is -2.36. The minimum atomic E-state index is -0.263. The molecule has 0 unspecified atom stereocenters. The first-order valence-electron chi connectivity index (χ1n) is 5.72. The van der Waals surface area contributed by atoms with Gasteiger partial charge < -0.3 is 9.64 Å². The fourth-order valence-corrected chi connectivity index (χ4v) is 2.07. The summed E-state index contributed by atoms with van der Waals surface area (Å²) >= 11 is 0. The van der Waals surface area contributed by atoms with Crippen molar-refractivity contribution in [3.05, 3.63) is 35.6 Å². The molecular formula is C13H16FNO2. The Balaban J connectivity index is 2.15. The maximum atomic E-state index is 12.8. The lowest BCUT2D eigenvalue weighted by molar-refractivity contribution is -0.142. The Morgan fingerprint density at radius 2 is 2.00 bits per heavy atom. The molecule has 1 aromatic rings. The molecule has 0 aliphatic carbocycles. The van der Waals surface area contributed by atoms with E-state index >= 15 is 0 Å². The zero-order valence-corrected chi connectivity index (χ0v) is 10.0. The van der Waals surface area contributed by atoms with Crippen molar-refractivity contribution in [1.29, 1.82) is 0 Å². The second-order valence-corrected chi connectivity index (χ2v) is 4.41. The summed E-state index contributed by atoms with van der Waals surface area (Å²) in [6.07, 6.45) is -0.161. The van der Waals surface area contributed by atoms with E-state index in [0.29, 0.717) is 13.1 Å². The van der Waals surface area contributed by atoms with Crippen LogP contribution in [0.4, 0.5) is 4.39 Å². The summed E-state index contributed by atoms with van der Waals surface area (Å²) in [7, 11) is 0. The van der Waals surface area contributed by atoms with Crippen LogP contribution in [0.3, 0.4) is 0 Å². The van der Waals surface area contributed by atoms with Gasteiger partial charge >= 0.3 is 0 Å². The van der Waals surface area contributed by atoms with Crippen molar-refractivity contribution in [2.24, 2.45) is 0 Å². The molecule has 0 spiro atoms. The molecule has 3 nitrogen and oxygen atoms in total. The molecule has 0 N–H and O–H groups in total. The van der Waals surface area contributed by atoms with Crippen LogP contribution in [0.15, 0.2) is 24.3 Å². The van der Waals surface area contributed by atoms with Crippen LogP contribution in [0.1, 0.15) is 25.5 Å². The van der Waals surface area contributed by atoms with Gasteiger partial charge in [0.2, 0.25) is 5.91 Å². The lowest BCUT2D eigenvalue weighted by Crippen LogP contribution is -2.45. The van der Waals surface area contributed by atoms with Crippen LogP contribution in [-0.4, -0.2) is 30.0 Å². The molecule has 1 fully saturated rings. The Labute approximate surface area is 100 Å². The van der Waals surface area contributed by atoms with Gasteiger partial charge in [0, 0.05) is 13.5 Å². The molecule has 4 heteroatoms. The van der Waals surface area contributed by atoms with E-state index in [1.807, 2.05) is 6.92 Å². The maximum Gasteiger partial charge on any atom is 0.219 e. The van der Waals surface area contributed by atoms with Crippen molar-refractivity contribution in [1.82, 2.24) is 4.90 Å². The van der Waals surface area contributed by atoms with Gasteiger partial charge in [-0.3, -0.25) is 4.79 Å². The van der Waals surface area contributed by atoms with Gasteiger partial charge in [0.25, 0.3) is 0 Å². The third-order valence-electron chi connectivity index (χ3n) is 2.95. The highest BCUT2D eigenvalue weighted by Crippen LogP contribution is 2.25. The molecule has 1 aromatic carbocycles. The summed E-state index contributed by atoms with van der Waals surface area (Å²) < 4.78 is 18.6. The highest BCUT2D eigenvalue weighted by atomic mass is 19.1. The molecule has 1 saturated heterocycles. The van der Waals surface area contributed by atoms with Gasteiger partial charge in [-0.1, -0.05) is 12.1 Å². The second kappa shape index (κ2) is 4.84. The Kier molecular flexibility index (Phi) is 3.43. The van der Waals surface area contributed by atoms with E-state index in [-0.39, 0.29) is 23.9 Å². The standard InChI is InChI=1S/C13H16FNO2/c1-9-7-15(10(2)16)8-13(17-9)11-3-5-12(14)6-4-11/h3-6,9,13H,7-8H2,1-2H3/t9-,13-/m0/s1. The summed E-state index contributed by atoms with van der Waals surface area (Å²) in [5.41, 5.74) is 0.907. The molecule has 1 aliphatic rings. The van der Waals surface area contributed by atoms with E-state index in [4.69, 9.17) is 4.74 Å². The molecule has 2 atom stereocenters. The van der Waals surface area contributed by atoms with Crippen LogP contribution in [0.25, 0.3) is 0 Å². The number of morpholine rings is 1. The molecule has 0 radical (unpaired) electrons. The molecule has 0 saturated carbocycles. The summed E-state index contributed by atoms with van der Waals surface area (Å²) in [4.78, 5) is 13.2. The van der Waals surface area contributed by atoms with Gasteiger partial charge in [-0.2, -0.15) is 0 Å². The largest absolute Gasteiger partial charge is 0.367 e. The monoisotopic (exact) mass is 237 g/mol. The number of hydrogen-bond donors (Lipinski definition) is 0. The van der Waals surface area contributed by atoms with Crippen LogP contribution < -0.4 is 0 Å². The Morgan fingerprint density at radius 1 is 1.35 bits per heavy atom. The van der Waals surface area contributed by atoms with Crippen molar-refractivity contribution in [2.45, 2.75) is 26.1 Å². The van der Waals surface area contributed by atoms with Crippen LogP contribution in [0.5, 0.6) is 0 Å². The Morgan fingerprint density at radius 3 is 2.59 bits per heavy atom. The zero-order valence-electron chi connectivity index (χ0n) is 10.0. The minimum absolute atomic E-state index is 0.00250. The Bertz CT molecular complexity index is 404. The fraction of sp³-hybridized carbons (Fsp3) is 0.462. The van der Waals surface area contributed by atoms with Gasteiger partial charge in [-0.05, 0) is 24.6 Å². The molecule has 0 aromatic heterocycles. The third-order valence-corrected chi connectivity index (χ3v) is 2.95. The molecule has 1 amide bonds. The van der Waals surface area contributed by atoms with E-state index in [0.717, 1.165) is 5.56 Å². The van der Waals surface area contributed by atoms with Crippen LogP contribution in [0, 0.1) is 5.82 Å². The number of carbonyl (C=O) groups is 1. The SMILES string of the molecule is CC(=O)N1C[C@@H](c2ccc(F)cc2)O[C@@H](C)C1. The van der Waals surface area contributed by atoms with E-state index in [1.165, 1.54) is 12.1 Å². The number of benzene rings is 1. The second-order valence-electron chi connectivity index (χ2n) is 4.41. The number of nitrogens with zero attached hydrogens (tertiary/aromatic N) is 1. The highest BCUT2D eigenvalue weighted by Gasteiger charge is 2.27. The Hall–Kier alpha value is -1.42. The first-order valence-corrected chi connectivity index (χ1v) is 5.72. The van der Waals surface area contributed by atoms with Gasteiger partial charge in [0.1, 0.15) is 11.9 Å².